The summed E-state index contributed by atoms with van der Waals surface area (Å²) in [5, 5.41) is 5.41. The average Bonchev–Trinajstić information content (AvgIpc) is 2.79. The number of halogens is 5. The normalized spacial score (nSPS) is 11.7. The number of nitrogens with one attached hydrogen (secondary N) is 2. The molecule has 1 atom stereocenters. The zero-order chi connectivity index (χ0) is 25.1. The Morgan fingerprint density at radius 3 is 2.32 bits per heavy atom. The molecule has 1 heterocycles. The molecule has 0 aliphatic carbocycles. The molecule has 0 saturated heterocycles. The SMILES string of the molecule is CCCNc1nc(Nc2ccc(F)c(Cl)c2)nc(OCC(F)(F)F)n1.O=[SH+]([O-])c1ccccc1. The van der Waals surface area contributed by atoms with Crippen LogP contribution in [0.25, 0.3) is 0 Å². The number of rotatable bonds is 8. The molecule has 0 fully saturated rings. The summed E-state index contributed by atoms with van der Waals surface area (Å²) in [6, 6.07) is 11.6. The minimum Gasteiger partial charge on any atom is -0.612 e. The number of benzene rings is 2. The fraction of sp³-hybridized carbons (Fsp3) is 0.250. The van der Waals surface area contributed by atoms with Crippen molar-refractivity contribution in [1.82, 2.24) is 15.0 Å². The maximum absolute atomic E-state index is 13.2. The highest BCUT2D eigenvalue weighted by Gasteiger charge is 2.29. The standard InChI is InChI=1S/C14H14ClF4N5O.C6H6O2S/c1-2-5-20-11-22-12(21-8-3-4-10(16)9(15)6-8)24-13(23-11)25-7-14(17,18)19;7-9(8)6-4-2-1-3-5-6/h3-4,6H,2,5,7H2,1H3,(H2,20,21,22,23,24);1-5,9H. The predicted molar refractivity (Wildman–Crippen MR) is 120 cm³/mol. The van der Waals surface area contributed by atoms with Gasteiger partial charge in [-0.2, -0.15) is 28.1 Å². The molecule has 0 saturated carbocycles. The Balaban J connectivity index is 0.000000379. The fourth-order valence-electron chi connectivity index (χ4n) is 2.19. The van der Waals surface area contributed by atoms with Crippen LogP contribution in [-0.4, -0.2) is 38.8 Å². The molecule has 0 bridgehead atoms. The van der Waals surface area contributed by atoms with E-state index < -0.39 is 35.7 Å². The summed E-state index contributed by atoms with van der Waals surface area (Å²) < 4.78 is 75.1. The van der Waals surface area contributed by atoms with E-state index in [4.69, 9.17) is 11.6 Å². The molecule has 0 spiro atoms. The molecular weight excluding hydrogens is 502 g/mol. The third-order valence-electron chi connectivity index (χ3n) is 3.66. The molecule has 1 unspecified atom stereocenters. The molecule has 2 N–H and O–H groups in total. The van der Waals surface area contributed by atoms with E-state index in [1.54, 1.807) is 30.3 Å². The molecule has 2 aromatic carbocycles. The molecule has 1 aromatic heterocycles. The van der Waals surface area contributed by atoms with Crippen LogP contribution in [0.5, 0.6) is 6.01 Å². The van der Waals surface area contributed by atoms with Crippen molar-refractivity contribution in [3.8, 4) is 6.01 Å². The summed E-state index contributed by atoms with van der Waals surface area (Å²) in [5.74, 6) is -0.638. The number of alkyl halides is 3. The Kier molecular flexibility index (Phi) is 10.4. The van der Waals surface area contributed by atoms with Crippen molar-refractivity contribution in [1.29, 1.82) is 0 Å². The van der Waals surface area contributed by atoms with Crippen molar-refractivity contribution in [2.24, 2.45) is 0 Å². The molecule has 0 aliphatic heterocycles. The van der Waals surface area contributed by atoms with Crippen LogP contribution in [0.1, 0.15) is 13.3 Å². The van der Waals surface area contributed by atoms with Crippen LogP contribution in [-0.2, 0) is 15.3 Å². The lowest BCUT2D eigenvalue weighted by Gasteiger charge is -2.11. The second kappa shape index (κ2) is 13.0. The molecular formula is C20H20ClF4N5O3S. The largest absolute Gasteiger partial charge is 0.612 e. The maximum Gasteiger partial charge on any atom is 0.422 e. The van der Waals surface area contributed by atoms with Crippen molar-refractivity contribution >= 4 is 40.3 Å². The molecule has 34 heavy (non-hydrogen) atoms. The van der Waals surface area contributed by atoms with Crippen molar-refractivity contribution < 1.29 is 31.1 Å². The second-order valence-corrected chi connectivity index (χ2v) is 7.88. The first kappa shape index (κ1) is 27.2. The number of hydrogen-bond donors (Lipinski definition) is 2. The van der Waals surface area contributed by atoms with Gasteiger partial charge < -0.3 is 19.9 Å². The lowest BCUT2D eigenvalue weighted by Crippen LogP contribution is -2.21. The van der Waals surface area contributed by atoms with Crippen LogP contribution in [0.4, 0.5) is 35.1 Å². The van der Waals surface area contributed by atoms with Gasteiger partial charge in [0.1, 0.15) is 5.82 Å². The monoisotopic (exact) mass is 521 g/mol. The molecule has 3 aromatic rings. The molecule has 8 nitrogen and oxygen atoms in total. The number of nitrogens with zero attached hydrogens (tertiary/aromatic N) is 3. The van der Waals surface area contributed by atoms with Gasteiger partial charge in [0.15, 0.2) is 11.5 Å². The number of anilines is 3. The van der Waals surface area contributed by atoms with E-state index in [9.17, 15) is 26.3 Å². The summed E-state index contributed by atoms with van der Waals surface area (Å²) in [6.07, 6.45) is -3.78. The molecule has 14 heteroatoms. The van der Waals surface area contributed by atoms with E-state index in [-0.39, 0.29) is 16.9 Å². The molecule has 0 aliphatic rings. The summed E-state index contributed by atoms with van der Waals surface area (Å²) >= 11 is 3.29. The molecule has 3 rings (SSSR count). The second-order valence-electron chi connectivity index (χ2n) is 6.44. The summed E-state index contributed by atoms with van der Waals surface area (Å²) in [4.78, 5) is 11.9. The van der Waals surface area contributed by atoms with Crippen LogP contribution in [0.2, 0.25) is 5.02 Å². The minimum atomic E-state index is -4.53. The van der Waals surface area contributed by atoms with E-state index in [0.717, 1.165) is 12.5 Å². The summed E-state index contributed by atoms with van der Waals surface area (Å²) in [7, 11) is 0. The predicted octanol–water partition coefficient (Wildman–Crippen LogP) is 5.04. The van der Waals surface area contributed by atoms with Gasteiger partial charge >= 0.3 is 12.2 Å². The number of hydrogen-bond acceptors (Lipinski definition) is 8. The zero-order valence-corrected chi connectivity index (χ0v) is 19.3. The molecule has 0 amide bonds. The number of thiol groups is 1. The Morgan fingerprint density at radius 2 is 1.76 bits per heavy atom. The Bertz CT molecular complexity index is 1090. The first-order valence-electron chi connectivity index (χ1n) is 9.68. The van der Waals surface area contributed by atoms with Gasteiger partial charge in [-0.05, 0) is 36.8 Å². The van der Waals surface area contributed by atoms with Crippen LogP contribution in [0, 0.1) is 5.82 Å². The number of ether oxygens (including phenoxy) is 1. The quantitative estimate of drug-likeness (QED) is 0.241. The van der Waals surface area contributed by atoms with Gasteiger partial charge in [0, 0.05) is 12.2 Å². The lowest BCUT2D eigenvalue weighted by atomic mass is 10.3. The smallest absolute Gasteiger partial charge is 0.422 e. The van der Waals surface area contributed by atoms with E-state index in [1.165, 1.54) is 12.1 Å². The van der Waals surface area contributed by atoms with Gasteiger partial charge in [0.25, 0.3) is 0 Å². The van der Waals surface area contributed by atoms with Crippen molar-refractivity contribution in [2.45, 2.75) is 24.4 Å². The Morgan fingerprint density at radius 1 is 1.09 bits per heavy atom. The summed E-state index contributed by atoms with van der Waals surface area (Å²) in [5.41, 5.74) is 0.348. The van der Waals surface area contributed by atoms with Crippen LogP contribution in [0.15, 0.2) is 53.4 Å². The van der Waals surface area contributed by atoms with Gasteiger partial charge in [-0.3, -0.25) is 0 Å². The minimum absolute atomic E-state index is 0.0460. The topological polar surface area (TPSA) is 112 Å². The van der Waals surface area contributed by atoms with E-state index in [1.807, 2.05) is 6.92 Å². The first-order valence-corrected chi connectivity index (χ1v) is 11.2. The van der Waals surface area contributed by atoms with Gasteiger partial charge in [-0.15, -0.1) is 4.21 Å². The van der Waals surface area contributed by atoms with Crippen molar-refractivity contribution in [2.75, 3.05) is 23.8 Å². The summed E-state index contributed by atoms with van der Waals surface area (Å²) in [6.45, 7) is 0.867. The van der Waals surface area contributed by atoms with Crippen LogP contribution in [0.3, 0.4) is 0 Å². The highest BCUT2D eigenvalue weighted by molar-refractivity contribution is 7.79. The molecule has 0 radical (unpaired) electrons. The average molecular weight is 522 g/mol. The first-order chi connectivity index (χ1) is 16.1. The Labute approximate surface area is 200 Å². The third kappa shape index (κ3) is 9.85. The fourth-order valence-corrected chi connectivity index (χ4v) is 2.79. The van der Waals surface area contributed by atoms with Crippen molar-refractivity contribution in [3.05, 3.63) is 59.4 Å². The zero-order valence-electron chi connectivity index (χ0n) is 17.6. The van der Waals surface area contributed by atoms with Crippen LogP contribution < -0.4 is 15.4 Å². The third-order valence-corrected chi connectivity index (χ3v) is 4.67. The van der Waals surface area contributed by atoms with E-state index in [2.05, 4.69) is 30.3 Å². The van der Waals surface area contributed by atoms with Gasteiger partial charge in [0.2, 0.25) is 11.9 Å². The van der Waals surface area contributed by atoms with E-state index >= 15 is 0 Å². The van der Waals surface area contributed by atoms with Crippen LogP contribution >= 0.6 is 11.6 Å². The van der Waals surface area contributed by atoms with E-state index in [0.29, 0.717) is 17.1 Å². The van der Waals surface area contributed by atoms with Gasteiger partial charge in [0.05, 0.1) is 16.1 Å². The highest BCUT2D eigenvalue weighted by Crippen LogP contribution is 2.23. The van der Waals surface area contributed by atoms with Crippen molar-refractivity contribution in [3.63, 3.8) is 0 Å². The van der Waals surface area contributed by atoms with Gasteiger partial charge in [-0.25, -0.2) is 4.39 Å². The lowest BCUT2D eigenvalue weighted by molar-refractivity contribution is -0.154. The highest BCUT2D eigenvalue weighted by atomic mass is 35.5. The Hall–Kier alpha value is -3.03. The maximum atomic E-state index is 13.2. The van der Waals surface area contributed by atoms with Gasteiger partial charge in [-0.1, -0.05) is 36.7 Å². The number of aromatic nitrogens is 3. The molecule has 184 valence electrons.